The Morgan fingerprint density at radius 2 is 1.58 bits per heavy atom. The summed E-state index contributed by atoms with van der Waals surface area (Å²) in [6.07, 6.45) is 8.48. The number of aromatic hydroxyl groups is 2. The smallest absolute Gasteiger partial charge is 0.142 e. The third-order valence-corrected chi connectivity index (χ3v) is 5.41. The number of rotatable bonds is 7. The van der Waals surface area contributed by atoms with Crippen LogP contribution in [0.2, 0.25) is 0 Å². The highest BCUT2D eigenvalue weighted by molar-refractivity contribution is 5.85. The Kier molecular flexibility index (Phi) is 8.75. The Hall–Kier alpha value is -1.09. The molecule has 0 amide bonds. The summed E-state index contributed by atoms with van der Waals surface area (Å²) in [5, 5.41) is 20.9. The number of hydrogen-bond acceptors (Lipinski definition) is 3. The van der Waals surface area contributed by atoms with Crippen molar-refractivity contribution in [2.45, 2.75) is 71.6 Å². The lowest BCUT2D eigenvalue weighted by molar-refractivity contribution is 0.418. The van der Waals surface area contributed by atoms with Gasteiger partial charge < -0.3 is 15.1 Å². The van der Waals surface area contributed by atoms with Crippen LogP contribution in [0.5, 0.6) is 11.5 Å². The van der Waals surface area contributed by atoms with Crippen LogP contribution in [0.1, 0.15) is 77.2 Å². The minimum atomic E-state index is 0. The molecule has 24 heavy (non-hydrogen) atoms. The second kappa shape index (κ2) is 10.0. The van der Waals surface area contributed by atoms with Crippen LogP contribution in [0.3, 0.4) is 0 Å². The van der Waals surface area contributed by atoms with Crippen molar-refractivity contribution < 1.29 is 10.2 Å². The van der Waals surface area contributed by atoms with Crippen molar-refractivity contribution in [1.82, 2.24) is 0 Å². The van der Waals surface area contributed by atoms with E-state index in [1.807, 2.05) is 12.1 Å². The zero-order valence-electron chi connectivity index (χ0n) is 15.4. The zero-order valence-corrected chi connectivity index (χ0v) is 16.2. The summed E-state index contributed by atoms with van der Waals surface area (Å²) in [6.45, 7) is 8.54. The molecule has 2 rings (SSSR count). The Bertz CT molecular complexity index is 477. The number of hydrogen-bond donors (Lipinski definition) is 2. The van der Waals surface area contributed by atoms with Gasteiger partial charge in [0.25, 0.3) is 0 Å². The first-order chi connectivity index (χ1) is 11.0. The van der Waals surface area contributed by atoms with Crippen molar-refractivity contribution in [2.75, 3.05) is 18.0 Å². The topological polar surface area (TPSA) is 43.7 Å². The summed E-state index contributed by atoms with van der Waals surface area (Å²) in [4.78, 5) is 2.12. The van der Waals surface area contributed by atoms with E-state index >= 15 is 0 Å². The molecule has 0 spiro atoms. The van der Waals surface area contributed by atoms with E-state index in [4.69, 9.17) is 0 Å². The Labute approximate surface area is 153 Å². The van der Waals surface area contributed by atoms with Crippen LogP contribution >= 0.6 is 12.4 Å². The number of piperidine rings is 1. The lowest BCUT2D eigenvalue weighted by Crippen LogP contribution is -2.29. The molecule has 0 saturated carbocycles. The highest BCUT2D eigenvalue weighted by Gasteiger charge is 2.22. The van der Waals surface area contributed by atoms with Crippen molar-refractivity contribution in [1.29, 1.82) is 0 Å². The first kappa shape index (κ1) is 21.0. The summed E-state index contributed by atoms with van der Waals surface area (Å²) >= 11 is 0. The van der Waals surface area contributed by atoms with Crippen LogP contribution in [0.25, 0.3) is 0 Å². The molecule has 138 valence electrons. The molecule has 3 nitrogen and oxygen atoms in total. The van der Waals surface area contributed by atoms with Gasteiger partial charge in [0.05, 0.1) is 0 Å². The summed E-state index contributed by atoms with van der Waals surface area (Å²) in [5.74, 6) is 1.37. The van der Waals surface area contributed by atoms with E-state index < -0.39 is 0 Å². The molecule has 2 unspecified atom stereocenters. The second-order valence-electron chi connectivity index (χ2n) is 7.22. The number of phenols is 2. The fourth-order valence-electron chi connectivity index (χ4n) is 3.62. The zero-order chi connectivity index (χ0) is 16.8. The summed E-state index contributed by atoms with van der Waals surface area (Å²) in [7, 11) is 0. The van der Waals surface area contributed by atoms with Crippen LogP contribution in [-0.4, -0.2) is 23.3 Å². The van der Waals surface area contributed by atoms with E-state index in [0.717, 1.165) is 31.5 Å². The van der Waals surface area contributed by atoms with E-state index in [9.17, 15) is 10.2 Å². The van der Waals surface area contributed by atoms with Crippen molar-refractivity contribution in [2.24, 2.45) is 5.92 Å². The highest BCUT2D eigenvalue weighted by atomic mass is 35.5. The molecule has 0 aliphatic carbocycles. The van der Waals surface area contributed by atoms with Gasteiger partial charge in [0.2, 0.25) is 0 Å². The van der Waals surface area contributed by atoms with Crippen molar-refractivity contribution in [3.05, 3.63) is 17.7 Å². The predicted molar refractivity (Wildman–Crippen MR) is 105 cm³/mol. The summed E-state index contributed by atoms with van der Waals surface area (Å²) in [6, 6.07) is 3.73. The van der Waals surface area contributed by atoms with Gasteiger partial charge in [0.1, 0.15) is 17.2 Å². The lowest BCUT2D eigenvalue weighted by atomic mass is 9.85. The Morgan fingerprint density at radius 1 is 1.00 bits per heavy atom. The maximum Gasteiger partial charge on any atom is 0.142 e. The molecule has 1 fully saturated rings. The van der Waals surface area contributed by atoms with E-state index in [-0.39, 0.29) is 23.9 Å². The maximum atomic E-state index is 10.5. The minimum Gasteiger partial charge on any atom is -0.506 e. The quantitative estimate of drug-likeness (QED) is 0.605. The van der Waals surface area contributed by atoms with Crippen LogP contribution in [0.4, 0.5) is 5.69 Å². The van der Waals surface area contributed by atoms with Gasteiger partial charge in [-0.1, -0.05) is 46.5 Å². The molecular weight excluding hydrogens is 322 g/mol. The number of unbranched alkanes of at least 4 members (excludes halogenated alkanes) is 2. The Morgan fingerprint density at radius 3 is 2.12 bits per heavy atom. The van der Waals surface area contributed by atoms with E-state index in [2.05, 4.69) is 25.7 Å². The molecule has 1 aliphatic rings. The fraction of sp³-hybridized carbons (Fsp3) is 0.700. The third-order valence-electron chi connectivity index (χ3n) is 5.41. The van der Waals surface area contributed by atoms with Crippen molar-refractivity contribution in [3.63, 3.8) is 0 Å². The molecule has 1 heterocycles. The number of halogens is 1. The summed E-state index contributed by atoms with van der Waals surface area (Å²) < 4.78 is 0. The number of phenolic OH excluding ortho intramolecular Hbond substituents is 2. The standard InChI is InChI=1S/C20H33NO2.ClH/c1-4-5-7-10-15(2)16(3)17-13-18(22)20(19(23)14-17)21-11-8-6-9-12-21;/h13-16,22-23H,4-12H2,1-3H3;1H. The molecule has 0 radical (unpaired) electrons. The number of anilines is 1. The van der Waals surface area contributed by atoms with Crippen LogP contribution in [0, 0.1) is 5.92 Å². The highest BCUT2D eigenvalue weighted by Crippen LogP contribution is 2.42. The van der Waals surface area contributed by atoms with Crippen LogP contribution < -0.4 is 4.90 Å². The average Bonchev–Trinajstić information content (AvgIpc) is 2.54. The molecule has 2 atom stereocenters. The molecule has 1 saturated heterocycles. The monoisotopic (exact) mass is 355 g/mol. The number of nitrogens with zero attached hydrogens (tertiary/aromatic N) is 1. The predicted octanol–water partition coefficient (Wildman–Crippen LogP) is 5.83. The molecule has 1 aromatic rings. The maximum absolute atomic E-state index is 10.5. The first-order valence-electron chi connectivity index (χ1n) is 9.35. The van der Waals surface area contributed by atoms with Gasteiger partial charge in [-0.05, 0) is 48.8 Å². The van der Waals surface area contributed by atoms with Gasteiger partial charge >= 0.3 is 0 Å². The molecule has 1 aromatic carbocycles. The van der Waals surface area contributed by atoms with E-state index in [0.29, 0.717) is 17.5 Å². The second-order valence-corrected chi connectivity index (χ2v) is 7.22. The van der Waals surface area contributed by atoms with Gasteiger partial charge in [-0.25, -0.2) is 0 Å². The first-order valence-corrected chi connectivity index (χ1v) is 9.35. The average molecular weight is 356 g/mol. The summed E-state index contributed by atoms with van der Waals surface area (Å²) in [5.41, 5.74) is 1.67. The normalized spacial score (nSPS) is 17.2. The van der Waals surface area contributed by atoms with Gasteiger partial charge in [-0.3, -0.25) is 0 Å². The molecular formula is C20H34ClNO2. The van der Waals surface area contributed by atoms with E-state index in [1.54, 1.807) is 0 Å². The van der Waals surface area contributed by atoms with Gasteiger partial charge in [0, 0.05) is 13.1 Å². The van der Waals surface area contributed by atoms with E-state index in [1.165, 1.54) is 32.1 Å². The largest absolute Gasteiger partial charge is 0.506 e. The molecule has 0 bridgehead atoms. The van der Waals surface area contributed by atoms with Crippen LogP contribution in [-0.2, 0) is 0 Å². The fourth-order valence-corrected chi connectivity index (χ4v) is 3.62. The third kappa shape index (κ3) is 5.20. The Balaban J connectivity index is 0.00000288. The molecule has 1 aliphatic heterocycles. The van der Waals surface area contributed by atoms with Crippen molar-refractivity contribution in [3.8, 4) is 11.5 Å². The molecule has 2 N–H and O–H groups in total. The SMILES string of the molecule is CCCCCC(C)C(C)c1cc(O)c(N2CCCCC2)c(O)c1.Cl. The molecule has 0 aromatic heterocycles. The van der Waals surface area contributed by atoms with Crippen molar-refractivity contribution >= 4 is 18.1 Å². The number of benzene rings is 1. The van der Waals surface area contributed by atoms with Gasteiger partial charge in [-0.15, -0.1) is 12.4 Å². The molecule has 4 heteroatoms. The minimum absolute atomic E-state index is 0. The van der Waals surface area contributed by atoms with Gasteiger partial charge in [0.15, 0.2) is 0 Å². The lowest BCUT2D eigenvalue weighted by Gasteiger charge is -2.30. The van der Waals surface area contributed by atoms with Crippen LogP contribution in [0.15, 0.2) is 12.1 Å². The van der Waals surface area contributed by atoms with Gasteiger partial charge in [-0.2, -0.15) is 0 Å².